The van der Waals surface area contributed by atoms with Gasteiger partial charge in [0.15, 0.2) is 0 Å². The van der Waals surface area contributed by atoms with Crippen LogP contribution in [-0.4, -0.2) is 34.5 Å². The van der Waals surface area contributed by atoms with E-state index in [2.05, 4.69) is 21.0 Å². The fourth-order valence-corrected chi connectivity index (χ4v) is 3.03. The fourth-order valence-electron chi connectivity index (χ4n) is 3.03. The Labute approximate surface area is 163 Å². The third kappa shape index (κ3) is 4.93. The van der Waals surface area contributed by atoms with Crippen LogP contribution in [0.5, 0.6) is 0 Å². The van der Waals surface area contributed by atoms with E-state index in [-0.39, 0.29) is 42.5 Å². The first-order chi connectivity index (χ1) is 12.5. The fraction of sp³-hybridized carbons (Fsp3) is 0.333. The van der Waals surface area contributed by atoms with Crippen LogP contribution in [0, 0.1) is 5.92 Å². The van der Waals surface area contributed by atoms with E-state index in [4.69, 9.17) is 0 Å². The molecule has 144 valence electrons. The van der Waals surface area contributed by atoms with Crippen LogP contribution >= 0.6 is 12.4 Å². The predicted octanol–water partition coefficient (Wildman–Crippen LogP) is 0.946. The molecule has 2 atom stereocenters. The molecule has 0 bridgehead atoms. The maximum absolute atomic E-state index is 12.5. The molecule has 1 fully saturated rings. The van der Waals surface area contributed by atoms with Crippen LogP contribution in [0.25, 0.3) is 0 Å². The van der Waals surface area contributed by atoms with E-state index in [1.807, 2.05) is 12.1 Å². The molecule has 1 aliphatic rings. The molecule has 2 heterocycles. The van der Waals surface area contributed by atoms with Crippen molar-refractivity contribution in [3.8, 4) is 0 Å². The molecule has 3 rings (SSSR count). The lowest BCUT2D eigenvalue weighted by Crippen LogP contribution is -2.30. The number of likely N-dealkylation sites (N-methyl/N-ethyl adjacent to an activating group) is 1. The Kier molecular flexibility index (Phi) is 6.70. The average Bonchev–Trinajstić information content (AvgIpc) is 3.15. The number of rotatable bonds is 6. The second kappa shape index (κ2) is 8.79. The van der Waals surface area contributed by atoms with E-state index in [1.165, 1.54) is 0 Å². The van der Waals surface area contributed by atoms with E-state index in [1.54, 1.807) is 43.3 Å². The molecule has 1 aliphatic heterocycles. The van der Waals surface area contributed by atoms with Gasteiger partial charge in [-0.1, -0.05) is 12.1 Å². The third-order valence-electron chi connectivity index (χ3n) is 4.38. The number of aromatic nitrogens is 2. The number of carbonyl (C=O) groups is 3. The highest BCUT2D eigenvalue weighted by Gasteiger charge is 2.30. The summed E-state index contributed by atoms with van der Waals surface area (Å²) in [7, 11) is 3.51. The molecule has 1 aromatic heterocycles. The highest BCUT2D eigenvalue weighted by atomic mass is 35.5. The zero-order valence-electron chi connectivity index (χ0n) is 15.1. The first-order valence-corrected chi connectivity index (χ1v) is 8.35. The van der Waals surface area contributed by atoms with E-state index in [0.29, 0.717) is 12.1 Å². The molecule has 1 aromatic carbocycles. The van der Waals surface area contributed by atoms with Gasteiger partial charge < -0.3 is 10.6 Å². The average molecular weight is 392 g/mol. The highest BCUT2D eigenvalue weighted by molar-refractivity contribution is 6.03. The van der Waals surface area contributed by atoms with Gasteiger partial charge >= 0.3 is 0 Å². The number of anilines is 1. The third-order valence-corrected chi connectivity index (χ3v) is 4.38. The second-order valence-corrected chi connectivity index (χ2v) is 6.37. The van der Waals surface area contributed by atoms with Gasteiger partial charge in [-0.2, -0.15) is 5.10 Å². The Morgan fingerprint density at radius 1 is 1.33 bits per heavy atom. The Balaban J connectivity index is 0.00000261. The van der Waals surface area contributed by atoms with Crippen LogP contribution in [0.15, 0.2) is 36.7 Å². The second-order valence-electron chi connectivity index (χ2n) is 6.37. The van der Waals surface area contributed by atoms with Gasteiger partial charge in [-0.25, -0.2) is 0 Å². The zero-order chi connectivity index (χ0) is 18.7. The summed E-state index contributed by atoms with van der Waals surface area (Å²) >= 11 is 0. The van der Waals surface area contributed by atoms with E-state index in [0.717, 1.165) is 11.1 Å². The SMILES string of the molecule is CNC(C(=O)Nc1ccc(CC2CC(=O)NC2=O)cc1)c1cnn(C)c1.Cl. The number of nitrogens with zero attached hydrogens (tertiary/aromatic N) is 2. The number of hydrogen-bond donors (Lipinski definition) is 3. The number of nitrogens with one attached hydrogen (secondary N) is 3. The van der Waals surface area contributed by atoms with Crippen molar-refractivity contribution in [3.63, 3.8) is 0 Å². The minimum Gasteiger partial charge on any atom is -0.324 e. The molecular weight excluding hydrogens is 370 g/mol. The molecule has 1 saturated heterocycles. The van der Waals surface area contributed by atoms with Crippen molar-refractivity contribution in [3.05, 3.63) is 47.8 Å². The lowest BCUT2D eigenvalue weighted by molar-refractivity contribution is -0.125. The first-order valence-electron chi connectivity index (χ1n) is 8.35. The quantitative estimate of drug-likeness (QED) is 0.636. The minimum absolute atomic E-state index is 0. The van der Waals surface area contributed by atoms with Crippen molar-refractivity contribution in [2.75, 3.05) is 12.4 Å². The lowest BCUT2D eigenvalue weighted by atomic mass is 9.98. The number of carbonyl (C=O) groups excluding carboxylic acids is 3. The normalized spacial score (nSPS) is 17.2. The molecular formula is C18H22ClN5O3. The summed E-state index contributed by atoms with van der Waals surface area (Å²) in [6, 6.07) is 6.78. The van der Waals surface area contributed by atoms with Crippen LogP contribution in [0.2, 0.25) is 0 Å². The summed E-state index contributed by atoms with van der Waals surface area (Å²) in [5, 5.41) is 12.2. The topological polar surface area (TPSA) is 105 Å². The molecule has 0 spiro atoms. The van der Waals surface area contributed by atoms with Crippen molar-refractivity contribution in [1.29, 1.82) is 0 Å². The van der Waals surface area contributed by atoms with Crippen molar-refractivity contribution in [2.45, 2.75) is 18.9 Å². The number of hydrogen-bond acceptors (Lipinski definition) is 5. The van der Waals surface area contributed by atoms with E-state index in [9.17, 15) is 14.4 Å². The van der Waals surface area contributed by atoms with Gasteiger partial charge in [0.25, 0.3) is 0 Å². The molecule has 3 N–H and O–H groups in total. The number of imide groups is 1. The highest BCUT2D eigenvalue weighted by Crippen LogP contribution is 2.20. The van der Waals surface area contributed by atoms with Crippen molar-refractivity contribution < 1.29 is 14.4 Å². The zero-order valence-corrected chi connectivity index (χ0v) is 15.9. The summed E-state index contributed by atoms with van der Waals surface area (Å²) in [5.41, 5.74) is 2.38. The van der Waals surface area contributed by atoms with Crippen molar-refractivity contribution in [1.82, 2.24) is 20.4 Å². The number of halogens is 1. The number of aryl methyl sites for hydroxylation is 1. The maximum atomic E-state index is 12.5. The van der Waals surface area contributed by atoms with Gasteiger partial charge in [-0.05, 0) is 31.2 Å². The maximum Gasteiger partial charge on any atom is 0.246 e. The minimum atomic E-state index is -0.503. The van der Waals surface area contributed by atoms with Crippen molar-refractivity contribution in [2.24, 2.45) is 13.0 Å². The lowest BCUT2D eigenvalue weighted by Gasteiger charge is -2.15. The van der Waals surface area contributed by atoms with E-state index >= 15 is 0 Å². The van der Waals surface area contributed by atoms with Crippen molar-refractivity contribution >= 4 is 35.8 Å². The predicted molar refractivity (Wildman–Crippen MR) is 102 cm³/mol. The molecule has 2 unspecified atom stereocenters. The molecule has 8 nitrogen and oxygen atoms in total. The van der Waals surface area contributed by atoms with Gasteiger partial charge in [0.2, 0.25) is 17.7 Å². The number of amides is 3. The van der Waals surface area contributed by atoms with Gasteiger partial charge in [0.1, 0.15) is 6.04 Å². The van der Waals surface area contributed by atoms with Gasteiger partial charge in [0, 0.05) is 30.9 Å². The number of benzene rings is 1. The van der Waals surface area contributed by atoms with E-state index < -0.39 is 6.04 Å². The largest absolute Gasteiger partial charge is 0.324 e. The Morgan fingerprint density at radius 3 is 2.56 bits per heavy atom. The van der Waals surface area contributed by atoms with Crippen LogP contribution in [0.3, 0.4) is 0 Å². The van der Waals surface area contributed by atoms with Gasteiger partial charge in [-0.15, -0.1) is 12.4 Å². The Bertz CT molecular complexity index is 834. The summed E-state index contributed by atoms with van der Waals surface area (Å²) < 4.78 is 1.64. The smallest absolute Gasteiger partial charge is 0.246 e. The monoisotopic (exact) mass is 391 g/mol. The van der Waals surface area contributed by atoms with Crippen LogP contribution < -0.4 is 16.0 Å². The van der Waals surface area contributed by atoms with Crippen LogP contribution in [0.1, 0.15) is 23.6 Å². The Hall–Kier alpha value is -2.71. The Morgan fingerprint density at radius 2 is 2.04 bits per heavy atom. The summed E-state index contributed by atoms with van der Waals surface area (Å²) in [4.78, 5) is 35.4. The van der Waals surface area contributed by atoms with Gasteiger partial charge in [0.05, 0.1) is 12.1 Å². The molecule has 3 amide bonds. The summed E-state index contributed by atoms with van der Waals surface area (Å²) in [5.74, 6) is -0.950. The molecule has 0 aliphatic carbocycles. The molecule has 0 radical (unpaired) electrons. The van der Waals surface area contributed by atoms with Crippen LogP contribution in [-0.2, 0) is 27.9 Å². The summed E-state index contributed by atoms with van der Waals surface area (Å²) in [6.45, 7) is 0. The van der Waals surface area contributed by atoms with Crippen LogP contribution in [0.4, 0.5) is 5.69 Å². The van der Waals surface area contributed by atoms with Gasteiger partial charge in [-0.3, -0.25) is 24.4 Å². The standard InChI is InChI=1S/C18H21N5O3.ClH/c1-19-16(13-9-20-23(2)10-13)18(26)21-14-5-3-11(4-6-14)7-12-8-15(24)22-17(12)25;/h3-6,9-10,12,16,19H,7-8H2,1-2H3,(H,21,26)(H,22,24,25);1H. The molecule has 27 heavy (non-hydrogen) atoms. The molecule has 0 saturated carbocycles. The molecule has 9 heteroatoms. The first kappa shape index (κ1) is 20.6. The summed E-state index contributed by atoms with van der Waals surface area (Å²) in [6.07, 6.45) is 4.17. The molecule has 2 aromatic rings.